The van der Waals surface area contributed by atoms with Crippen LogP contribution in [0.1, 0.15) is 65.7 Å². The number of esters is 1. The Morgan fingerprint density at radius 3 is 2.22 bits per heavy atom. The van der Waals surface area contributed by atoms with Gasteiger partial charge in [-0.25, -0.2) is 0 Å². The van der Waals surface area contributed by atoms with Crippen molar-refractivity contribution < 1.29 is 24.8 Å². The molecular weight excluding hydrogens is 234 g/mol. The van der Waals surface area contributed by atoms with Crippen LogP contribution in [0.15, 0.2) is 0 Å². The molecule has 18 heavy (non-hydrogen) atoms. The minimum atomic E-state index is -1.25. The second kappa shape index (κ2) is 9.30. The molecule has 5 nitrogen and oxygen atoms in total. The second-order valence-corrected chi connectivity index (χ2v) is 4.62. The average Bonchev–Trinajstić information content (AvgIpc) is 2.35. The summed E-state index contributed by atoms with van der Waals surface area (Å²) in [7, 11) is 0. The molecule has 0 saturated carbocycles. The van der Waals surface area contributed by atoms with E-state index in [0.717, 1.165) is 19.3 Å². The summed E-state index contributed by atoms with van der Waals surface area (Å²) in [4.78, 5) is 10.3. The summed E-state index contributed by atoms with van der Waals surface area (Å²) in [5.41, 5.74) is 0. The predicted molar refractivity (Wildman–Crippen MR) is 67.9 cm³/mol. The molecule has 0 aromatic heterocycles. The molecule has 2 N–H and O–H groups in total. The van der Waals surface area contributed by atoms with Crippen molar-refractivity contribution in [1.29, 1.82) is 0 Å². The van der Waals surface area contributed by atoms with Gasteiger partial charge in [-0.1, -0.05) is 39.5 Å². The van der Waals surface area contributed by atoms with Gasteiger partial charge in [0.2, 0.25) is 0 Å². The summed E-state index contributed by atoms with van der Waals surface area (Å²) < 4.78 is 5.10. The molecule has 0 aromatic rings. The number of carbonyl (C=O) groups excluding carboxylic acids is 1. The third-order valence-electron chi connectivity index (χ3n) is 3.03. The van der Waals surface area contributed by atoms with Gasteiger partial charge >= 0.3 is 5.97 Å². The molecule has 0 amide bonds. The Morgan fingerprint density at radius 2 is 1.72 bits per heavy atom. The van der Waals surface area contributed by atoms with Crippen LogP contribution in [0.2, 0.25) is 0 Å². The monoisotopic (exact) mass is 262 g/mol. The third-order valence-corrected chi connectivity index (χ3v) is 3.03. The molecule has 0 aliphatic rings. The molecule has 0 fully saturated rings. The van der Waals surface area contributed by atoms with Crippen LogP contribution in [-0.2, 0) is 9.53 Å². The van der Waals surface area contributed by atoms with E-state index in [1.165, 1.54) is 12.8 Å². The van der Waals surface area contributed by atoms with Gasteiger partial charge in [0.25, 0.3) is 6.23 Å². The van der Waals surface area contributed by atoms with Crippen LogP contribution in [0.3, 0.4) is 0 Å². The molecule has 0 aliphatic carbocycles. The lowest BCUT2D eigenvalue weighted by molar-refractivity contribution is -1.27. The number of hydrogen-bond acceptors (Lipinski definition) is 4. The number of ether oxygens (including phenoxy) is 1. The van der Waals surface area contributed by atoms with Gasteiger partial charge in [0, 0.05) is 12.8 Å². The van der Waals surface area contributed by atoms with Crippen LogP contribution in [0.4, 0.5) is 0 Å². The van der Waals surface area contributed by atoms with Gasteiger partial charge in [-0.2, -0.15) is 10.4 Å². The lowest BCUT2D eigenvalue weighted by Crippen LogP contribution is -2.51. The van der Waals surface area contributed by atoms with Gasteiger partial charge in [0.15, 0.2) is 0 Å². The molecule has 0 spiro atoms. The van der Waals surface area contributed by atoms with Gasteiger partial charge < -0.3 is 4.74 Å². The average molecular weight is 262 g/mol. The molecule has 0 bridgehead atoms. The van der Waals surface area contributed by atoms with E-state index in [1.54, 1.807) is 13.8 Å². The Bertz CT molecular complexity index is 231. The number of rotatable bonds is 10. The summed E-state index contributed by atoms with van der Waals surface area (Å²) in [6.45, 7) is 5.61. The lowest BCUT2D eigenvalue weighted by Gasteiger charge is -2.27. The highest BCUT2D eigenvalue weighted by atomic mass is 16.9. The lowest BCUT2D eigenvalue weighted by atomic mass is 10.1. The number of hydroxylamine groups is 4. The first-order valence-corrected chi connectivity index (χ1v) is 7.00. The standard InChI is InChI=1S/C13H28NO4/c1-4-7-8-9-10-11-13(15)18-12(5-2)14(16,17)6-3/h12,16-17H,4-11H2,1-3H3/q+1. The van der Waals surface area contributed by atoms with Gasteiger partial charge in [-0.3, -0.25) is 4.79 Å². The van der Waals surface area contributed by atoms with Crippen molar-refractivity contribution in [2.75, 3.05) is 6.54 Å². The predicted octanol–water partition coefficient (Wildman–Crippen LogP) is 3.24. The largest absolute Gasteiger partial charge is 0.406 e. The molecule has 0 rings (SSSR count). The summed E-state index contributed by atoms with van der Waals surface area (Å²) in [6, 6.07) is 0. The molecule has 1 atom stereocenters. The van der Waals surface area contributed by atoms with Gasteiger partial charge in [0.1, 0.15) is 6.54 Å². The zero-order valence-electron chi connectivity index (χ0n) is 11.9. The number of unbranched alkanes of at least 4 members (excludes halogenated alkanes) is 4. The van der Waals surface area contributed by atoms with E-state index in [0.29, 0.717) is 12.8 Å². The first kappa shape index (κ1) is 17.4. The molecule has 108 valence electrons. The Hall–Kier alpha value is -0.650. The highest BCUT2D eigenvalue weighted by Crippen LogP contribution is 2.13. The molecule has 5 heteroatoms. The van der Waals surface area contributed by atoms with Crippen LogP contribution in [-0.4, -0.2) is 34.0 Å². The summed E-state index contributed by atoms with van der Waals surface area (Å²) in [5, 5.41) is 19.2. The van der Waals surface area contributed by atoms with Crippen LogP contribution in [0.25, 0.3) is 0 Å². The Kier molecular flexibility index (Phi) is 8.97. The van der Waals surface area contributed by atoms with Crippen molar-refractivity contribution in [3.05, 3.63) is 0 Å². The maximum atomic E-state index is 11.6. The maximum absolute atomic E-state index is 11.6. The number of nitrogens with zero attached hydrogens (tertiary/aromatic N) is 1. The first-order chi connectivity index (χ1) is 8.47. The van der Waals surface area contributed by atoms with Gasteiger partial charge in [-0.15, -0.1) is 0 Å². The fraction of sp³-hybridized carbons (Fsp3) is 0.923. The van der Waals surface area contributed by atoms with Crippen molar-refractivity contribution in [1.82, 2.24) is 0 Å². The normalized spacial score (nSPS) is 13.4. The smallest absolute Gasteiger partial charge is 0.310 e. The van der Waals surface area contributed by atoms with Gasteiger partial charge in [0.05, 0.1) is 0 Å². The van der Waals surface area contributed by atoms with E-state index in [9.17, 15) is 15.2 Å². The summed E-state index contributed by atoms with van der Waals surface area (Å²) >= 11 is 0. The van der Waals surface area contributed by atoms with E-state index in [1.807, 2.05) is 0 Å². The van der Waals surface area contributed by atoms with Gasteiger partial charge in [-0.05, 0) is 18.2 Å². The molecule has 0 aliphatic heterocycles. The fourth-order valence-electron chi connectivity index (χ4n) is 1.75. The van der Waals surface area contributed by atoms with Crippen molar-refractivity contribution in [3.63, 3.8) is 0 Å². The Morgan fingerprint density at radius 1 is 1.11 bits per heavy atom. The van der Waals surface area contributed by atoms with Crippen molar-refractivity contribution >= 4 is 5.97 Å². The number of carbonyl (C=O) groups is 1. The zero-order valence-corrected chi connectivity index (χ0v) is 11.9. The molecule has 0 heterocycles. The van der Waals surface area contributed by atoms with Crippen molar-refractivity contribution in [2.24, 2.45) is 0 Å². The zero-order chi connectivity index (χ0) is 14.0. The second-order valence-electron chi connectivity index (χ2n) is 4.62. The first-order valence-electron chi connectivity index (χ1n) is 7.00. The van der Waals surface area contributed by atoms with Crippen LogP contribution < -0.4 is 0 Å². The number of hydrogen-bond donors (Lipinski definition) is 2. The topological polar surface area (TPSA) is 66.8 Å². The minimum Gasteiger partial charge on any atom is -0.406 e. The third kappa shape index (κ3) is 6.93. The maximum Gasteiger partial charge on any atom is 0.310 e. The van der Waals surface area contributed by atoms with Crippen LogP contribution >= 0.6 is 0 Å². The van der Waals surface area contributed by atoms with E-state index in [4.69, 9.17) is 4.74 Å². The Labute approximate surface area is 110 Å². The van der Waals surface area contributed by atoms with Crippen molar-refractivity contribution in [2.45, 2.75) is 71.9 Å². The van der Waals surface area contributed by atoms with E-state index < -0.39 is 11.0 Å². The van der Waals surface area contributed by atoms with E-state index in [-0.39, 0.29) is 12.5 Å². The summed E-state index contributed by atoms with van der Waals surface area (Å²) in [5.74, 6) is -0.350. The highest BCUT2D eigenvalue weighted by molar-refractivity contribution is 5.69. The Balaban J connectivity index is 3.91. The van der Waals surface area contributed by atoms with Crippen molar-refractivity contribution in [3.8, 4) is 0 Å². The summed E-state index contributed by atoms with van der Waals surface area (Å²) in [6.07, 6.45) is 5.16. The molecule has 0 aromatic carbocycles. The molecular formula is C13H28NO4+. The molecule has 0 radical (unpaired) electrons. The number of quaternary nitrogens is 1. The molecule has 1 unspecified atom stereocenters. The highest BCUT2D eigenvalue weighted by Gasteiger charge is 2.35. The quantitative estimate of drug-likeness (QED) is 0.208. The van der Waals surface area contributed by atoms with Crippen LogP contribution in [0.5, 0.6) is 0 Å². The minimum absolute atomic E-state index is 0.0856. The fourth-order valence-corrected chi connectivity index (χ4v) is 1.75. The molecule has 0 saturated heterocycles. The van der Waals surface area contributed by atoms with E-state index in [2.05, 4.69) is 6.92 Å². The van der Waals surface area contributed by atoms with E-state index >= 15 is 0 Å². The van der Waals surface area contributed by atoms with Crippen LogP contribution in [0, 0.1) is 0 Å². The SMILES string of the molecule is CCCCCCCC(=O)OC(CC)[N+](O)(O)CC.